The first-order valence-electron chi connectivity index (χ1n) is 4.93. The first-order valence-corrected chi connectivity index (χ1v) is 4.93. The molecule has 0 bridgehead atoms. The second-order valence-electron chi connectivity index (χ2n) is 3.49. The van der Waals surface area contributed by atoms with Crippen LogP contribution in [0.5, 0.6) is 0 Å². The first-order chi connectivity index (χ1) is 7.70. The molecule has 1 aliphatic carbocycles. The van der Waals surface area contributed by atoms with Gasteiger partial charge < -0.3 is 5.11 Å². The van der Waals surface area contributed by atoms with Crippen LogP contribution in [0.3, 0.4) is 0 Å². The van der Waals surface area contributed by atoms with E-state index in [-0.39, 0.29) is 17.8 Å². The van der Waals surface area contributed by atoms with Gasteiger partial charge in [-0.2, -0.15) is 0 Å². The number of benzene rings is 1. The molecule has 80 valence electrons. The van der Waals surface area contributed by atoms with Crippen molar-refractivity contribution < 1.29 is 14.7 Å². The summed E-state index contributed by atoms with van der Waals surface area (Å²) in [6, 6.07) is 8.89. The zero-order valence-electron chi connectivity index (χ0n) is 8.51. The largest absolute Gasteiger partial charge is 0.478 e. The Morgan fingerprint density at radius 3 is 2.50 bits per heavy atom. The van der Waals surface area contributed by atoms with Gasteiger partial charge in [0.05, 0.1) is 5.57 Å². The number of carbonyl (C=O) groups is 2. The van der Waals surface area contributed by atoms with Gasteiger partial charge >= 0.3 is 5.97 Å². The van der Waals surface area contributed by atoms with Gasteiger partial charge in [-0.05, 0) is 5.56 Å². The highest BCUT2D eigenvalue weighted by atomic mass is 16.4. The van der Waals surface area contributed by atoms with Crippen LogP contribution in [-0.4, -0.2) is 16.9 Å². The van der Waals surface area contributed by atoms with Crippen LogP contribution in [0.15, 0.2) is 48.1 Å². The Hall–Kier alpha value is -2.16. The Kier molecular flexibility index (Phi) is 2.68. The van der Waals surface area contributed by atoms with Gasteiger partial charge in [0.15, 0.2) is 5.78 Å². The number of carbonyl (C=O) groups excluding carboxylic acids is 1. The van der Waals surface area contributed by atoms with Crippen LogP contribution in [-0.2, 0) is 9.59 Å². The third-order valence-electron chi connectivity index (χ3n) is 2.43. The predicted octanol–water partition coefficient (Wildman–Crippen LogP) is 2.05. The van der Waals surface area contributed by atoms with Crippen molar-refractivity contribution in [2.45, 2.75) is 6.42 Å². The summed E-state index contributed by atoms with van der Waals surface area (Å²) in [6.45, 7) is 0. The summed E-state index contributed by atoms with van der Waals surface area (Å²) < 4.78 is 0. The van der Waals surface area contributed by atoms with Gasteiger partial charge in [-0.3, -0.25) is 4.79 Å². The third-order valence-corrected chi connectivity index (χ3v) is 2.43. The average molecular weight is 214 g/mol. The average Bonchev–Trinajstić information content (AvgIpc) is 2.29. The van der Waals surface area contributed by atoms with E-state index in [2.05, 4.69) is 0 Å². The van der Waals surface area contributed by atoms with Crippen LogP contribution in [0.25, 0.3) is 5.57 Å². The summed E-state index contributed by atoms with van der Waals surface area (Å²) in [5, 5.41) is 9.03. The van der Waals surface area contributed by atoms with Crippen molar-refractivity contribution in [3.63, 3.8) is 0 Å². The maximum atomic E-state index is 11.7. The highest BCUT2D eigenvalue weighted by Crippen LogP contribution is 2.25. The molecule has 0 aromatic heterocycles. The predicted molar refractivity (Wildman–Crippen MR) is 59.8 cm³/mol. The van der Waals surface area contributed by atoms with Gasteiger partial charge in [-0.25, -0.2) is 4.79 Å². The minimum atomic E-state index is -1.07. The second-order valence-corrected chi connectivity index (χ2v) is 3.49. The Morgan fingerprint density at radius 1 is 1.19 bits per heavy atom. The number of rotatable bonds is 2. The quantitative estimate of drug-likeness (QED) is 0.819. The lowest BCUT2D eigenvalue weighted by Crippen LogP contribution is -2.12. The van der Waals surface area contributed by atoms with Crippen LogP contribution in [0.4, 0.5) is 0 Å². The standard InChI is InChI=1S/C13H10O3/c14-11-8-4-7-10(13(15)16)12(11)9-5-2-1-3-6-9/h1-7H,8H2,(H,15,16). The molecule has 0 atom stereocenters. The summed E-state index contributed by atoms with van der Waals surface area (Å²) in [6.07, 6.45) is 3.34. The highest BCUT2D eigenvalue weighted by Gasteiger charge is 2.22. The van der Waals surface area contributed by atoms with E-state index in [0.717, 1.165) is 0 Å². The van der Waals surface area contributed by atoms with Crippen molar-refractivity contribution in [1.29, 1.82) is 0 Å². The number of aliphatic carboxylic acids is 1. The van der Waals surface area contributed by atoms with Gasteiger partial charge in [0.25, 0.3) is 0 Å². The Bertz CT molecular complexity index is 495. The second kappa shape index (κ2) is 4.14. The number of carboxylic acid groups (broad SMARTS) is 1. The van der Waals surface area contributed by atoms with Gasteiger partial charge in [-0.1, -0.05) is 42.5 Å². The number of carboxylic acids is 1. The number of Topliss-reactive ketones (excluding diaryl/α,β-unsaturated/α-hetero) is 1. The van der Waals surface area contributed by atoms with Gasteiger partial charge in [0, 0.05) is 12.0 Å². The van der Waals surface area contributed by atoms with E-state index < -0.39 is 5.97 Å². The maximum Gasteiger partial charge on any atom is 0.336 e. The van der Waals surface area contributed by atoms with Crippen molar-refractivity contribution in [1.82, 2.24) is 0 Å². The first kappa shape index (κ1) is 10.4. The summed E-state index contributed by atoms with van der Waals surface area (Å²) in [5.41, 5.74) is 1.03. The third kappa shape index (κ3) is 1.80. The zero-order chi connectivity index (χ0) is 11.5. The number of ketones is 1. The van der Waals surface area contributed by atoms with E-state index in [9.17, 15) is 9.59 Å². The lowest BCUT2D eigenvalue weighted by Gasteiger charge is -2.12. The van der Waals surface area contributed by atoms with Crippen molar-refractivity contribution in [3.8, 4) is 0 Å². The van der Waals surface area contributed by atoms with E-state index in [0.29, 0.717) is 11.1 Å². The molecule has 1 aromatic carbocycles. The Labute approximate surface area is 92.7 Å². The van der Waals surface area contributed by atoms with Gasteiger partial charge in [-0.15, -0.1) is 0 Å². The summed E-state index contributed by atoms with van der Waals surface area (Å²) in [5.74, 6) is -1.21. The zero-order valence-corrected chi connectivity index (χ0v) is 8.51. The molecule has 0 radical (unpaired) electrons. The number of allylic oxidation sites excluding steroid dienone is 2. The van der Waals surface area contributed by atoms with Crippen LogP contribution in [0.1, 0.15) is 12.0 Å². The minimum absolute atomic E-state index is 0.0717. The van der Waals surface area contributed by atoms with Gasteiger partial charge in [0.2, 0.25) is 0 Å². The molecule has 1 aliphatic rings. The van der Waals surface area contributed by atoms with E-state index in [1.807, 2.05) is 6.07 Å². The molecule has 3 heteroatoms. The molecule has 0 heterocycles. The Balaban J connectivity index is 2.61. The van der Waals surface area contributed by atoms with Crippen LogP contribution in [0, 0.1) is 0 Å². The molecule has 0 saturated heterocycles. The molecule has 0 unspecified atom stereocenters. The molecule has 0 aliphatic heterocycles. The SMILES string of the molecule is O=C(O)C1=C(c2ccccc2)C(=O)CC=C1. The molecule has 0 spiro atoms. The molecular weight excluding hydrogens is 204 g/mol. The molecule has 3 nitrogen and oxygen atoms in total. The monoisotopic (exact) mass is 214 g/mol. The number of hydrogen-bond donors (Lipinski definition) is 1. The van der Waals surface area contributed by atoms with Crippen molar-refractivity contribution in [3.05, 3.63) is 53.6 Å². The smallest absolute Gasteiger partial charge is 0.336 e. The van der Waals surface area contributed by atoms with Crippen LogP contribution < -0.4 is 0 Å². The van der Waals surface area contributed by atoms with E-state index >= 15 is 0 Å². The maximum absolute atomic E-state index is 11.7. The molecule has 0 fully saturated rings. The molecule has 0 amide bonds. The molecule has 1 aromatic rings. The van der Waals surface area contributed by atoms with Crippen molar-refractivity contribution in [2.75, 3.05) is 0 Å². The van der Waals surface area contributed by atoms with E-state index in [1.54, 1.807) is 30.3 Å². The van der Waals surface area contributed by atoms with Crippen molar-refractivity contribution in [2.24, 2.45) is 0 Å². The molecule has 16 heavy (non-hydrogen) atoms. The van der Waals surface area contributed by atoms with E-state index in [4.69, 9.17) is 5.11 Å². The summed E-state index contributed by atoms with van der Waals surface area (Å²) in [7, 11) is 0. The molecule has 2 rings (SSSR count). The van der Waals surface area contributed by atoms with Crippen LogP contribution in [0.2, 0.25) is 0 Å². The fourth-order valence-electron chi connectivity index (χ4n) is 1.72. The lowest BCUT2D eigenvalue weighted by molar-refractivity contribution is -0.132. The fraction of sp³-hybridized carbons (Fsp3) is 0.0769. The highest BCUT2D eigenvalue weighted by molar-refractivity contribution is 6.28. The molecule has 0 saturated carbocycles. The van der Waals surface area contributed by atoms with E-state index in [1.165, 1.54) is 6.08 Å². The molecule has 1 N–H and O–H groups in total. The Morgan fingerprint density at radius 2 is 1.88 bits per heavy atom. The van der Waals surface area contributed by atoms with Gasteiger partial charge in [0.1, 0.15) is 0 Å². The summed E-state index contributed by atoms with van der Waals surface area (Å²) >= 11 is 0. The molecular formula is C13H10O3. The van der Waals surface area contributed by atoms with Crippen molar-refractivity contribution >= 4 is 17.3 Å². The minimum Gasteiger partial charge on any atom is -0.478 e. The lowest BCUT2D eigenvalue weighted by atomic mass is 9.91. The normalized spacial score (nSPS) is 15.4. The topological polar surface area (TPSA) is 54.4 Å². The van der Waals surface area contributed by atoms with Crippen LogP contribution >= 0.6 is 0 Å². The fourth-order valence-corrected chi connectivity index (χ4v) is 1.72. The number of hydrogen-bond acceptors (Lipinski definition) is 2. The summed E-state index contributed by atoms with van der Waals surface area (Å²) in [4.78, 5) is 22.8.